The monoisotopic (exact) mass is 421 g/mol. The Labute approximate surface area is 174 Å². The molecule has 4 nitrogen and oxygen atoms in total. The van der Waals surface area contributed by atoms with Gasteiger partial charge in [0.05, 0.1) is 0 Å². The Morgan fingerprint density at radius 1 is 1.04 bits per heavy atom. The van der Waals surface area contributed by atoms with Gasteiger partial charge in [-0.25, -0.2) is 0 Å². The third-order valence-corrected chi connectivity index (χ3v) is 5.32. The molecule has 1 aliphatic heterocycles. The highest BCUT2D eigenvalue weighted by Gasteiger charge is 2.17. The first-order valence-corrected chi connectivity index (χ1v) is 10.1. The van der Waals surface area contributed by atoms with E-state index in [4.69, 9.17) is 35.4 Å². The molecule has 1 fully saturated rings. The van der Waals surface area contributed by atoms with Crippen LogP contribution >= 0.6 is 35.4 Å². The molecule has 2 aromatic carbocycles. The summed E-state index contributed by atoms with van der Waals surface area (Å²) in [7, 11) is 0. The number of nitrogens with zero attached hydrogens (tertiary/aromatic N) is 1. The molecule has 1 amide bonds. The Morgan fingerprint density at radius 2 is 1.74 bits per heavy atom. The molecule has 0 radical (unpaired) electrons. The van der Waals surface area contributed by atoms with Gasteiger partial charge in [-0.2, -0.15) is 0 Å². The zero-order valence-corrected chi connectivity index (χ0v) is 17.1. The van der Waals surface area contributed by atoms with E-state index < -0.39 is 0 Å². The second-order valence-electron chi connectivity index (χ2n) is 6.47. The number of hydrogen-bond donors (Lipinski definition) is 2. The average molecular weight is 422 g/mol. The van der Waals surface area contributed by atoms with E-state index in [0.717, 1.165) is 37.2 Å². The van der Waals surface area contributed by atoms with Crippen molar-refractivity contribution in [2.75, 3.05) is 18.4 Å². The predicted octanol–water partition coefficient (Wildman–Crippen LogP) is 5.11. The van der Waals surface area contributed by atoms with Gasteiger partial charge in [-0.15, -0.1) is 0 Å². The highest BCUT2D eigenvalue weighted by atomic mass is 35.5. The van der Waals surface area contributed by atoms with Crippen molar-refractivity contribution >= 4 is 52.1 Å². The summed E-state index contributed by atoms with van der Waals surface area (Å²) < 4.78 is 0. The Balaban J connectivity index is 1.52. The molecule has 2 aromatic rings. The number of likely N-dealkylation sites (tertiary alicyclic amines) is 1. The third kappa shape index (κ3) is 5.58. The lowest BCUT2D eigenvalue weighted by molar-refractivity contribution is 0.0724. The second kappa shape index (κ2) is 9.40. The number of halogens is 2. The highest BCUT2D eigenvalue weighted by molar-refractivity contribution is 7.80. The molecular weight excluding hydrogens is 401 g/mol. The molecule has 0 aliphatic carbocycles. The summed E-state index contributed by atoms with van der Waals surface area (Å²) in [6.45, 7) is 2.19. The van der Waals surface area contributed by atoms with E-state index in [1.807, 2.05) is 35.2 Å². The largest absolute Gasteiger partial charge is 0.358 e. The minimum Gasteiger partial charge on any atom is -0.358 e. The Hall–Kier alpha value is -1.82. The van der Waals surface area contributed by atoms with Crippen molar-refractivity contribution in [3.63, 3.8) is 0 Å². The standard InChI is InChI=1S/C20H21Cl2N3OS/c21-16-7-4-15(18(22)12-16)13-23-20(27)24-17-8-5-14(6-9-17)19(26)25-10-2-1-3-11-25/h4-9,12H,1-3,10-11,13H2,(H2,23,24,27). The number of anilines is 1. The fourth-order valence-corrected chi connectivity index (χ4v) is 3.66. The van der Waals surface area contributed by atoms with Crippen molar-refractivity contribution in [3.8, 4) is 0 Å². The number of nitrogens with one attached hydrogen (secondary N) is 2. The van der Waals surface area contributed by atoms with Gasteiger partial charge in [-0.3, -0.25) is 4.79 Å². The Kier molecular flexibility index (Phi) is 6.94. The molecule has 27 heavy (non-hydrogen) atoms. The second-order valence-corrected chi connectivity index (χ2v) is 7.73. The smallest absolute Gasteiger partial charge is 0.253 e. The topological polar surface area (TPSA) is 44.4 Å². The van der Waals surface area contributed by atoms with Crippen LogP contribution in [0.2, 0.25) is 10.0 Å². The van der Waals surface area contributed by atoms with Crippen LogP contribution in [0.4, 0.5) is 5.69 Å². The number of piperidine rings is 1. The van der Waals surface area contributed by atoms with Crippen molar-refractivity contribution in [3.05, 3.63) is 63.6 Å². The van der Waals surface area contributed by atoms with Gasteiger partial charge in [0.15, 0.2) is 5.11 Å². The summed E-state index contributed by atoms with van der Waals surface area (Å²) in [5, 5.41) is 7.91. The molecule has 7 heteroatoms. The van der Waals surface area contributed by atoms with Crippen LogP contribution in [0.5, 0.6) is 0 Å². The van der Waals surface area contributed by atoms with Crippen LogP contribution in [-0.4, -0.2) is 29.0 Å². The Morgan fingerprint density at radius 3 is 2.41 bits per heavy atom. The number of carbonyl (C=O) groups is 1. The van der Waals surface area contributed by atoms with Crippen LogP contribution in [0.25, 0.3) is 0 Å². The van der Waals surface area contributed by atoms with E-state index in [0.29, 0.717) is 27.3 Å². The third-order valence-electron chi connectivity index (χ3n) is 4.49. The maximum atomic E-state index is 12.5. The van der Waals surface area contributed by atoms with Crippen molar-refractivity contribution in [2.24, 2.45) is 0 Å². The van der Waals surface area contributed by atoms with Gasteiger partial charge in [0, 0.05) is 40.9 Å². The van der Waals surface area contributed by atoms with E-state index >= 15 is 0 Å². The zero-order chi connectivity index (χ0) is 19.2. The van der Waals surface area contributed by atoms with Gasteiger partial charge < -0.3 is 15.5 Å². The molecular formula is C20H21Cl2N3OS. The fourth-order valence-electron chi connectivity index (χ4n) is 2.99. The first-order chi connectivity index (χ1) is 13.0. The number of carbonyl (C=O) groups excluding carboxylic acids is 1. The minimum atomic E-state index is 0.0966. The molecule has 0 spiro atoms. The van der Waals surface area contributed by atoms with Crippen molar-refractivity contribution < 1.29 is 4.79 Å². The molecule has 2 N–H and O–H groups in total. The van der Waals surface area contributed by atoms with Crippen LogP contribution in [0, 0.1) is 0 Å². The van der Waals surface area contributed by atoms with Crippen LogP contribution in [0.15, 0.2) is 42.5 Å². The van der Waals surface area contributed by atoms with Gasteiger partial charge in [0.25, 0.3) is 5.91 Å². The van der Waals surface area contributed by atoms with Gasteiger partial charge in [-0.05, 0) is 73.4 Å². The maximum Gasteiger partial charge on any atom is 0.253 e. The zero-order valence-electron chi connectivity index (χ0n) is 14.8. The molecule has 1 heterocycles. The van der Waals surface area contributed by atoms with Crippen LogP contribution in [-0.2, 0) is 6.54 Å². The molecule has 1 aliphatic rings. The first kappa shape index (κ1) is 19.9. The number of hydrogen-bond acceptors (Lipinski definition) is 2. The summed E-state index contributed by atoms with van der Waals surface area (Å²) in [5.74, 6) is 0.0966. The molecule has 0 bridgehead atoms. The fraction of sp³-hybridized carbons (Fsp3) is 0.300. The van der Waals surface area contributed by atoms with E-state index in [-0.39, 0.29) is 5.91 Å². The summed E-state index contributed by atoms with van der Waals surface area (Å²) >= 11 is 17.4. The maximum absolute atomic E-state index is 12.5. The van der Waals surface area contributed by atoms with Gasteiger partial charge >= 0.3 is 0 Å². The number of amides is 1. The minimum absolute atomic E-state index is 0.0966. The van der Waals surface area contributed by atoms with Gasteiger partial charge in [0.1, 0.15) is 0 Å². The molecule has 0 unspecified atom stereocenters. The van der Waals surface area contributed by atoms with Gasteiger partial charge in [0.2, 0.25) is 0 Å². The van der Waals surface area contributed by atoms with Crippen molar-refractivity contribution in [1.82, 2.24) is 10.2 Å². The summed E-state index contributed by atoms with van der Waals surface area (Å²) in [6, 6.07) is 12.7. The molecule has 0 atom stereocenters. The summed E-state index contributed by atoms with van der Waals surface area (Å²) in [5.41, 5.74) is 2.44. The quantitative estimate of drug-likeness (QED) is 0.673. The number of benzene rings is 2. The van der Waals surface area contributed by atoms with E-state index in [2.05, 4.69) is 10.6 Å². The lowest BCUT2D eigenvalue weighted by atomic mass is 10.1. The molecule has 142 valence electrons. The normalized spacial score (nSPS) is 13.9. The number of rotatable bonds is 4. The lowest BCUT2D eigenvalue weighted by Gasteiger charge is -2.26. The van der Waals surface area contributed by atoms with E-state index in [9.17, 15) is 4.79 Å². The lowest BCUT2D eigenvalue weighted by Crippen LogP contribution is -2.35. The van der Waals surface area contributed by atoms with Crippen LogP contribution < -0.4 is 10.6 Å². The Bertz CT molecular complexity index is 820. The molecule has 0 saturated carbocycles. The van der Waals surface area contributed by atoms with E-state index in [1.165, 1.54) is 6.42 Å². The van der Waals surface area contributed by atoms with Crippen LogP contribution in [0.3, 0.4) is 0 Å². The summed E-state index contributed by atoms with van der Waals surface area (Å²) in [6.07, 6.45) is 3.38. The van der Waals surface area contributed by atoms with Crippen molar-refractivity contribution in [1.29, 1.82) is 0 Å². The van der Waals surface area contributed by atoms with Crippen molar-refractivity contribution in [2.45, 2.75) is 25.8 Å². The highest BCUT2D eigenvalue weighted by Crippen LogP contribution is 2.21. The number of thiocarbonyl (C=S) groups is 1. The van der Waals surface area contributed by atoms with Gasteiger partial charge in [-0.1, -0.05) is 29.3 Å². The first-order valence-electron chi connectivity index (χ1n) is 8.91. The molecule has 3 rings (SSSR count). The van der Waals surface area contributed by atoms with Crippen LogP contribution in [0.1, 0.15) is 35.2 Å². The SMILES string of the molecule is O=C(c1ccc(NC(=S)NCc2ccc(Cl)cc2Cl)cc1)N1CCCCC1. The molecule has 0 aromatic heterocycles. The molecule has 1 saturated heterocycles. The summed E-state index contributed by atoms with van der Waals surface area (Å²) in [4.78, 5) is 14.4. The van der Waals surface area contributed by atoms with E-state index in [1.54, 1.807) is 12.1 Å². The average Bonchev–Trinajstić information content (AvgIpc) is 2.68. The predicted molar refractivity (Wildman–Crippen MR) is 116 cm³/mol.